The fraction of sp³-hybridized carbons (Fsp3) is 0.500. The van der Waals surface area contributed by atoms with Crippen LogP contribution in [0.5, 0.6) is 0 Å². The maximum absolute atomic E-state index is 12.6. The van der Waals surface area contributed by atoms with Gasteiger partial charge in [0, 0.05) is 18.8 Å². The third-order valence-corrected chi connectivity index (χ3v) is 3.39. The first-order chi connectivity index (χ1) is 9.88. The van der Waals surface area contributed by atoms with Crippen LogP contribution in [0.4, 0.5) is 18.9 Å². The molecule has 1 fully saturated rings. The monoisotopic (exact) mass is 302 g/mol. The van der Waals surface area contributed by atoms with Crippen molar-refractivity contribution in [2.24, 2.45) is 0 Å². The first kappa shape index (κ1) is 15.6. The lowest BCUT2D eigenvalue weighted by molar-refractivity contribution is -0.137. The second-order valence-corrected chi connectivity index (χ2v) is 5.00. The van der Waals surface area contributed by atoms with Crippen molar-refractivity contribution in [1.29, 1.82) is 0 Å². The largest absolute Gasteiger partial charge is 0.416 e. The Kier molecular flexibility index (Phi) is 4.72. The van der Waals surface area contributed by atoms with Crippen molar-refractivity contribution in [2.75, 3.05) is 18.9 Å². The molecule has 1 unspecified atom stereocenters. The molecule has 2 rings (SSSR count). The predicted molar refractivity (Wildman–Crippen MR) is 71.8 cm³/mol. The van der Waals surface area contributed by atoms with Crippen LogP contribution in [0.15, 0.2) is 18.2 Å². The zero-order valence-electron chi connectivity index (χ0n) is 11.4. The van der Waals surface area contributed by atoms with Gasteiger partial charge >= 0.3 is 6.18 Å². The van der Waals surface area contributed by atoms with Crippen LogP contribution in [-0.4, -0.2) is 25.2 Å². The Bertz CT molecular complexity index is 511. The highest BCUT2D eigenvalue weighted by molar-refractivity contribution is 5.99. The highest BCUT2D eigenvalue weighted by Gasteiger charge is 2.31. The number of hydrogen-bond donors (Lipinski definition) is 2. The van der Waals surface area contributed by atoms with Gasteiger partial charge in [0.25, 0.3) is 5.91 Å². The summed E-state index contributed by atoms with van der Waals surface area (Å²) in [4.78, 5) is 12.0. The van der Waals surface area contributed by atoms with Crippen LogP contribution in [0.3, 0.4) is 0 Å². The molecule has 1 aliphatic heterocycles. The van der Waals surface area contributed by atoms with Crippen LogP contribution in [0.25, 0.3) is 0 Å². The molecule has 1 atom stereocenters. The maximum Gasteiger partial charge on any atom is 0.416 e. The lowest BCUT2D eigenvalue weighted by Crippen LogP contribution is -2.35. The minimum Gasteiger partial charge on any atom is -0.398 e. The lowest BCUT2D eigenvalue weighted by Gasteiger charge is -2.23. The van der Waals surface area contributed by atoms with Crippen LogP contribution < -0.4 is 11.1 Å². The molecule has 0 aliphatic carbocycles. The van der Waals surface area contributed by atoms with Crippen molar-refractivity contribution in [3.05, 3.63) is 29.3 Å². The van der Waals surface area contributed by atoms with Gasteiger partial charge in [0.2, 0.25) is 0 Å². The Balaban J connectivity index is 2.04. The molecule has 21 heavy (non-hydrogen) atoms. The number of anilines is 1. The summed E-state index contributed by atoms with van der Waals surface area (Å²) < 4.78 is 43.4. The molecule has 0 bridgehead atoms. The molecule has 116 valence electrons. The third-order valence-electron chi connectivity index (χ3n) is 3.39. The smallest absolute Gasteiger partial charge is 0.398 e. The summed E-state index contributed by atoms with van der Waals surface area (Å²) in [6.45, 7) is 0.917. The Hall–Kier alpha value is -1.76. The van der Waals surface area contributed by atoms with Gasteiger partial charge in [-0.25, -0.2) is 0 Å². The van der Waals surface area contributed by atoms with E-state index in [1.807, 2.05) is 0 Å². The van der Waals surface area contributed by atoms with Gasteiger partial charge in [-0.2, -0.15) is 13.2 Å². The first-order valence-corrected chi connectivity index (χ1v) is 6.74. The third kappa shape index (κ3) is 4.10. The molecular weight excluding hydrogens is 285 g/mol. The first-order valence-electron chi connectivity index (χ1n) is 6.74. The summed E-state index contributed by atoms with van der Waals surface area (Å²) >= 11 is 0. The van der Waals surface area contributed by atoms with E-state index in [4.69, 9.17) is 10.5 Å². The molecule has 0 aromatic heterocycles. The molecule has 7 heteroatoms. The van der Waals surface area contributed by atoms with Gasteiger partial charge in [-0.05, 0) is 37.5 Å². The van der Waals surface area contributed by atoms with E-state index in [2.05, 4.69) is 5.32 Å². The maximum atomic E-state index is 12.6. The highest BCUT2D eigenvalue weighted by Crippen LogP contribution is 2.31. The Morgan fingerprint density at radius 2 is 2.14 bits per heavy atom. The summed E-state index contributed by atoms with van der Waals surface area (Å²) in [5.41, 5.74) is 4.54. The van der Waals surface area contributed by atoms with Gasteiger partial charge in [0.15, 0.2) is 0 Å². The summed E-state index contributed by atoms with van der Waals surface area (Å²) in [6.07, 6.45) is -1.75. The number of halogens is 3. The summed E-state index contributed by atoms with van der Waals surface area (Å²) in [7, 11) is 0. The molecule has 1 aliphatic rings. The summed E-state index contributed by atoms with van der Waals surface area (Å²) in [5, 5.41) is 2.58. The van der Waals surface area contributed by atoms with Crippen LogP contribution in [0.2, 0.25) is 0 Å². The van der Waals surface area contributed by atoms with Crippen LogP contribution >= 0.6 is 0 Å². The fourth-order valence-electron chi connectivity index (χ4n) is 2.20. The van der Waals surface area contributed by atoms with Gasteiger partial charge in [0.1, 0.15) is 0 Å². The molecular formula is C14H17F3N2O2. The second kappa shape index (κ2) is 6.34. The number of rotatable bonds is 3. The number of alkyl halides is 3. The van der Waals surface area contributed by atoms with E-state index in [0.29, 0.717) is 6.61 Å². The van der Waals surface area contributed by atoms with Gasteiger partial charge in [0.05, 0.1) is 17.2 Å². The zero-order valence-corrected chi connectivity index (χ0v) is 11.4. The van der Waals surface area contributed by atoms with Crippen molar-refractivity contribution in [2.45, 2.75) is 31.5 Å². The SMILES string of the molecule is Nc1ccc(C(F)(F)F)cc1C(=O)NCC1CCCCO1. The van der Waals surface area contributed by atoms with Gasteiger partial charge in [-0.15, -0.1) is 0 Å². The molecule has 1 aromatic rings. The molecule has 3 N–H and O–H groups in total. The van der Waals surface area contributed by atoms with E-state index in [0.717, 1.165) is 37.5 Å². The number of amides is 1. The number of carbonyl (C=O) groups is 1. The topological polar surface area (TPSA) is 64.4 Å². The average molecular weight is 302 g/mol. The van der Waals surface area contributed by atoms with Gasteiger partial charge in [-0.1, -0.05) is 0 Å². The number of benzene rings is 1. The quantitative estimate of drug-likeness (QED) is 0.844. The van der Waals surface area contributed by atoms with E-state index in [9.17, 15) is 18.0 Å². The average Bonchev–Trinajstić information content (AvgIpc) is 2.45. The standard InChI is InChI=1S/C14H17F3N2O2/c15-14(16,17)9-4-5-12(18)11(7-9)13(20)19-8-10-3-1-2-6-21-10/h4-5,7,10H,1-3,6,8,18H2,(H,19,20). The number of nitrogens with one attached hydrogen (secondary N) is 1. The van der Waals surface area contributed by atoms with Crippen molar-refractivity contribution in [3.8, 4) is 0 Å². The van der Waals surface area contributed by atoms with Gasteiger partial charge < -0.3 is 15.8 Å². The van der Waals surface area contributed by atoms with E-state index in [1.54, 1.807) is 0 Å². The Labute approximate surface area is 120 Å². The molecule has 0 spiro atoms. The molecule has 0 saturated carbocycles. The van der Waals surface area contributed by atoms with Crippen molar-refractivity contribution in [3.63, 3.8) is 0 Å². The van der Waals surface area contributed by atoms with Crippen molar-refractivity contribution >= 4 is 11.6 Å². The van der Waals surface area contributed by atoms with E-state index >= 15 is 0 Å². The molecule has 1 aromatic carbocycles. The molecule has 1 amide bonds. The number of ether oxygens (including phenoxy) is 1. The highest BCUT2D eigenvalue weighted by atomic mass is 19.4. The molecule has 4 nitrogen and oxygen atoms in total. The normalized spacial score (nSPS) is 19.3. The van der Waals surface area contributed by atoms with Crippen LogP contribution in [0.1, 0.15) is 35.2 Å². The lowest BCUT2D eigenvalue weighted by atomic mass is 10.1. The van der Waals surface area contributed by atoms with Crippen LogP contribution in [-0.2, 0) is 10.9 Å². The minimum atomic E-state index is -4.50. The number of nitrogens with two attached hydrogens (primary N) is 1. The Morgan fingerprint density at radius 3 is 2.76 bits per heavy atom. The second-order valence-electron chi connectivity index (χ2n) is 5.00. The zero-order chi connectivity index (χ0) is 15.5. The number of nitrogen functional groups attached to an aromatic ring is 1. The Morgan fingerprint density at radius 1 is 1.38 bits per heavy atom. The van der Waals surface area contributed by atoms with E-state index in [-0.39, 0.29) is 23.9 Å². The van der Waals surface area contributed by atoms with E-state index in [1.165, 1.54) is 0 Å². The van der Waals surface area contributed by atoms with Crippen LogP contribution in [0, 0.1) is 0 Å². The van der Waals surface area contributed by atoms with Crippen molar-refractivity contribution < 1.29 is 22.7 Å². The number of carbonyl (C=O) groups excluding carboxylic acids is 1. The van der Waals surface area contributed by atoms with E-state index < -0.39 is 17.6 Å². The van der Waals surface area contributed by atoms with Crippen molar-refractivity contribution in [1.82, 2.24) is 5.32 Å². The fourth-order valence-corrected chi connectivity index (χ4v) is 2.20. The molecule has 1 saturated heterocycles. The molecule has 0 radical (unpaired) electrons. The summed E-state index contributed by atoms with van der Waals surface area (Å²) in [5.74, 6) is -0.618. The minimum absolute atomic E-state index is 0.0186. The summed E-state index contributed by atoms with van der Waals surface area (Å²) in [6, 6.07) is 2.72. The number of hydrogen-bond acceptors (Lipinski definition) is 3. The molecule has 1 heterocycles. The van der Waals surface area contributed by atoms with Gasteiger partial charge in [-0.3, -0.25) is 4.79 Å². The predicted octanol–water partition coefficient (Wildman–Crippen LogP) is 2.59.